The highest BCUT2D eigenvalue weighted by Gasteiger charge is 2.16. The Labute approximate surface area is 183 Å². The molecule has 7 heteroatoms. The number of benzene rings is 1. The summed E-state index contributed by atoms with van der Waals surface area (Å²) < 4.78 is 14.1. The van der Waals surface area contributed by atoms with Gasteiger partial charge in [0.15, 0.2) is 5.65 Å². The number of aryl methyl sites for hydroxylation is 1. The monoisotopic (exact) mass is 424 g/mol. The van der Waals surface area contributed by atoms with Crippen molar-refractivity contribution in [3.63, 3.8) is 0 Å². The zero-order chi connectivity index (χ0) is 21.7. The third-order valence-electron chi connectivity index (χ3n) is 6.00. The lowest BCUT2D eigenvalue weighted by Gasteiger charge is -2.13. The van der Waals surface area contributed by atoms with Gasteiger partial charge in [0.05, 0.1) is 11.4 Å². The van der Waals surface area contributed by atoms with E-state index in [0.717, 1.165) is 69.6 Å². The van der Waals surface area contributed by atoms with E-state index in [0.29, 0.717) is 5.65 Å². The minimum Gasteiger partial charge on any atom is -0.338 e. The van der Waals surface area contributed by atoms with Crippen LogP contribution >= 0.6 is 0 Å². The van der Waals surface area contributed by atoms with E-state index in [1.54, 1.807) is 12.3 Å². The molecule has 0 radical (unpaired) electrons. The molecule has 1 aromatic carbocycles. The van der Waals surface area contributed by atoms with Crippen molar-refractivity contribution in [2.24, 2.45) is 0 Å². The minimum absolute atomic E-state index is 0.244. The molecule has 5 heterocycles. The normalized spacial score (nSPS) is 14.2. The van der Waals surface area contributed by atoms with Crippen LogP contribution in [0.25, 0.3) is 50.2 Å². The molecule has 1 aliphatic heterocycles. The van der Waals surface area contributed by atoms with Gasteiger partial charge in [-0.05, 0) is 78.0 Å². The SMILES string of the molecule is Cc1cc(F)cc(-c2ccnc3[nH]c(-c4[nH]nc5ncc(C6=CCNCC6)cc45)cc23)c1. The molecule has 0 aliphatic carbocycles. The Kier molecular flexibility index (Phi) is 4.36. The van der Waals surface area contributed by atoms with Crippen LogP contribution in [0.3, 0.4) is 0 Å². The summed E-state index contributed by atoms with van der Waals surface area (Å²) >= 11 is 0. The van der Waals surface area contributed by atoms with E-state index in [1.807, 2.05) is 31.3 Å². The highest BCUT2D eigenvalue weighted by Crippen LogP contribution is 2.34. The fourth-order valence-electron chi connectivity index (χ4n) is 4.47. The van der Waals surface area contributed by atoms with Gasteiger partial charge in [0.25, 0.3) is 0 Å². The molecule has 158 valence electrons. The van der Waals surface area contributed by atoms with Gasteiger partial charge in [0.1, 0.15) is 11.5 Å². The number of nitrogens with one attached hydrogen (secondary N) is 3. The highest BCUT2D eigenvalue weighted by molar-refractivity contribution is 5.99. The van der Waals surface area contributed by atoms with Crippen LogP contribution in [-0.4, -0.2) is 38.2 Å². The van der Waals surface area contributed by atoms with Gasteiger partial charge in [-0.15, -0.1) is 0 Å². The van der Waals surface area contributed by atoms with Crippen molar-refractivity contribution >= 4 is 27.6 Å². The largest absolute Gasteiger partial charge is 0.338 e. The first-order chi connectivity index (χ1) is 15.7. The Morgan fingerprint density at radius 2 is 1.94 bits per heavy atom. The maximum absolute atomic E-state index is 14.1. The molecule has 0 saturated carbocycles. The number of hydrogen-bond donors (Lipinski definition) is 3. The van der Waals surface area contributed by atoms with Crippen LogP contribution in [0.5, 0.6) is 0 Å². The number of nitrogens with zero attached hydrogens (tertiary/aromatic N) is 3. The van der Waals surface area contributed by atoms with Gasteiger partial charge in [-0.2, -0.15) is 5.10 Å². The van der Waals surface area contributed by atoms with Gasteiger partial charge >= 0.3 is 0 Å². The second-order valence-electron chi connectivity index (χ2n) is 8.20. The average Bonchev–Trinajstić information content (AvgIpc) is 3.42. The van der Waals surface area contributed by atoms with Crippen LogP contribution in [-0.2, 0) is 0 Å². The first-order valence-electron chi connectivity index (χ1n) is 10.7. The van der Waals surface area contributed by atoms with Crippen LogP contribution in [0, 0.1) is 12.7 Å². The van der Waals surface area contributed by atoms with E-state index >= 15 is 0 Å². The number of halogens is 1. The van der Waals surface area contributed by atoms with E-state index in [-0.39, 0.29) is 5.82 Å². The number of aromatic nitrogens is 5. The first kappa shape index (κ1) is 18.9. The molecule has 0 saturated heterocycles. The molecule has 0 atom stereocenters. The second-order valence-corrected chi connectivity index (χ2v) is 8.20. The summed E-state index contributed by atoms with van der Waals surface area (Å²) in [5.41, 5.74) is 8.21. The lowest BCUT2D eigenvalue weighted by atomic mass is 10.0. The zero-order valence-electron chi connectivity index (χ0n) is 17.5. The van der Waals surface area contributed by atoms with Crippen LogP contribution in [0.1, 0.15) is 17.5 Å². The van der Waals surface area contributed by atoms with E-state index in [4.69, 9.17) is 0 Å². The molecule has 3 N–H and O–H groups in total. The van der Waals surface area contributed by atoms with Gasteiger partial charge in [0, 0.05) is 29.7 Å². The third kappa shape index (κ3) is 3.18. The molecule has 0 spiro atoms. The van der Waals surface area contributed by atoms with Gasteiger partial charge in [-0.3, -0.25) is 5.10 Å². The Morgan fingerprint density at radius 1 is 1.00 bits per heavy atom. The molecule has 0 bridgehead atoms. The molecule has 6 nitrogen and oxygen atoms in total. The predicted molar refractivity (Wildman–Crippen MR) is 125 cm³/mol. The molecule has 32 heavy (non-hydrogen) atoms. The molecule has 0 amide bonds. The Bertz CT molecular complexity index is 1490. The number of pyridine rings is 2. The van der Waals surface area contributed by atoms with Gasteiger partial charge in [0.2, 0.25) is 0 Å². The average molecular weight is 424 g/mol. The highest BCUT2D eigenvalue weighted by atomic mass is 19.1. The van der Waals surface area contributed by atoms with E-state index in [1.165, 1.54) is 11.6 Å². The summed E-state index contributed by atoms with van der Waals surface area (Å²) in [7, 11) is 0. The summed E-state index contributed by atoms with van der Waals surface area (Å²) in [4.78, 5) is 12.5. The number of rotatable bonds is 3. The van der Waals surface area contributed by atoms with Crippen molar-refractivity contribution in [2.75, 3.05) is 13.1 Å². The summed E-state index contributed by atoms with van der Waals surface area (Å²) in [6, 6.07) is 11.2. The number of fused-ring (bicyclic) bond motifs is 2. The summed E-state index contributed by atoms with van der Waals surface area (Å²) in [5, 5.41) is 12.8. The maximum Gasteiger partial charge on any atom is 0.181 e. The quantitative estimate of drug-likeness (QED) is 0.381. The van der Waals surface area contributed by atoms with E-state index < -0.39 is 0 Å². The van der Waals surface area contributed by atoms with E-state index in [9.17, 15) is 4.39 Å². The minimum atomic E-state index is -0.244. The van der Waals surface area contributed by atoms with Crippen molar-refractivity contribution in [1.82, 2.24) is 30.5 Å². The van der Waals surface area contributed by atoms with Gasteiger partial charge in [-0.25, -0.2) is 14.4 Å². The summed E-state index contributed by atoms with van der Waals surface area (Å²) in [6.07, 6.45) is 6.83. The van der Waals surface area contributed by atoms with Crippen molar-refractivity contribution < 1.29 is 4.39 Å². The molecule has 1 aliphatic rings. The Hall–Kier alpha value is -3.84. The lowest BCUT2D eigenvalue weighted by Crippen LogP contribution is -2.20. The lowest BCUT2D eigenvalue weighted by molar-refractivity contribution is 0.627. The molecule has 0 fully saturated rings. The first-order valence-corrected chi connectivity index (χ1v) is 10.7. The molecule has 0 unspecified atom stereocenters. The third-order valence-corrected chi connectivity index (χ3v) is 6.00. The number of aromatic amines is 2. The van der Waals surface area contributed by atoms with Crippen LogP contribution in [0.2, 0.25) is 0 Å². The van der Waals surface area contributed by atoms with Crippen molar-refractivity contribution in [3.05, 3.63) is 71.8 Å². The number of hydrogen-bond acceptors (Lipinski definition) is 4. The van der Waals surface area contributed by atoms with Crippen LogP contribution < -0.4 is 5.32 Å². The fourth-order valence-corrected chi connectivity index (χ4v) is 4.47. The molecule has 6 rings (SSSR count). The topological polar surface area (TPSA) is 82.3 Å². The smallest absolute Gasteiger partial charge is 0.181 e. The Morgan fingerprint density at radius 3 is 2.78 bits per heavy atom. The van der Waals surface area contributed by atoms with Crippen molar-refractivity contribution in [2.45, 2.75) is 13.3 Å². The summed E-state index contributed by atoms with van der Waals surface area (Å²) in [5.74, 6) is -0.244. The van der Waals surface area contributed by atoms with Gasteiger partial charge < -0.3 is 10.3 Å². The van der Waals surface area contributed by atoms with E-state index in [2.05, 4.69) is 42.6 Å². The molecular formula is C25H21FN6. The predicted octanol–water partition coefficient (Wildman–Crippen LogP) is 4.99. The fraction of sp³-hybridized carbons (Fsp3) is 0.160. The standard InChI is InChI=1S/C25H21FN6/c1-14-8-16(10-18(26)9-14)19-4-7-28-24-20(19)12-22(30-24)23-21-11-17(13-29-25(21)32-31-23)15-2-5-27-6-3-15/h2,4,7-13,27H,3,5-6H2,1H3,(H,28,30)(H,29,31,32). The molecule has 5 aromatic rings. The number of H-pyrrole nitrogens is 2. The van der Waals surface area contributed by atoms with Gasteiger partial charge in [-0.1, -0.05) is 12.1 Å². The Balaban J connectivity index is 1.49. The van der Waals surface area contributed by atoms with Crippen molar-refractivity contribution in [1.29, 1.82) is 0 Å². The zero-order valence-corrected chi connectivity index (χ0v) is 17.5. The van der Waals surface area contributed by atoms with Crippen molar-refractivity contribution in [3.8, 4) is 22.5 Å². The molecular weight excluding hydrogens is 403 g/mol. The maximum atomic E-state index is 14.1. The second kappa shape index (κ2) is 7.39. The van der Waals surface area contributed by atoms with Crippen LogP contribution in [0.15, 0.2) is 54.9 Å². The van der Waals surface area contributed by atoms with Crippen LogP contribution in [0.4, 0.5) is 4.39 Å². The molecule has 4 aromatic heterocycles. The summed E-state index contributed by atoms with van der Waals surface area (Å²) in [6.45, 7) is 3.74.